The van der Waals surface area contributed by atoms with Crippen molar-refractivity contribution in [1.29, 1.82) is 0 Å². The first-order valence-corrected chi connectivity index (χ1v) is 9.76. The van der Waals surface area contributed by atoms with Crippen LogP contribution in [0.15, 0.2) is 82.5 Å². The fourth-order valence-electron chi connectivity index (χ4n) is 2.47. The first kappa shape index (κ1) is 21.0. The fraction of sp³-hybridized carbons (Fsp3) is 0.0952. The molecule has 0 amide bonds. The molecule has 0 atom stereocenters. The van der Waals surface area contributed by atoms with E-state index in [0.717, 1.165) is 4.90 Å². The molecular weight excluding hydrogens is 416 g/mol. The number of rotatable bonds is 6. The molecule has 2 N–H and O–H groups in total. The molecule has 0 aromatic heterocycles. The number of para-hydroxylation sites is 1. The van der Waals surface area contributed by atoms with Crippen LogP contribution in [0.25, 0.3) is 0 Å². The van der Waals surface area contributed by atoms with E-state index in [1.54, 1.807) is 37.3 Å². The van der Waals surface area contributed by atoms with Gasteiger partial charge in [-0.2, -0.15) is 0 Å². The Morgan fingerprint density at radius 1 is 1.31 bits per heavy atom. The first-order chi connectivity index (χ1) is 13.9. The lowest BCUT2D eigenvalue weighted by atomic mass is 10.1. The third-order valence-corrected chi connectivity index (χ3v) is 5.33. The second-order valence-electron chi connectivity index (χ2n) is 6.04. The van der Waals surface area contributed by atoms with Gasteiger partial charge in [-0.1, -0.05) is 43.0 Å². The Balaban J connectivity index is 1.90. The molecule has 1 heterocycles. The number of anilines is 1. The zero-order chi connectivity index (χ0) is 21.0. The van der Waals surface area contributed by atoms with E-state index in [2.05, 4.69) is 28.2 Å². The smallest absolute Gasteiger partial charge is 0.206 e. The normalized spacial score (nSPS) is 15.0. The number of nitrogens with one attached hydrogen (secondary N) is 2. The molecule has 3 rings (SSSR count). The SMILES string of the molecule is C=C/C(CN=C1NSc2ccc(F)c(Oc3ccccc3Cl)c2N1)=C(/C)C(=C)F. The number of aliphatic imine (C=N–C) groups is 1. The number of halogens is 3. The van der Waals surface area contributed by atoms with Gasteiger partial charge in [0, 0.05) is 0 Å². The highest BCUT2D eigenvalue weighted by molar-refractivity contribution is 7.98. The Bertz CT molecular complexity index is 1040. The standard InChI is InChI=1S/C21H18ClF2N3OS/c1-4-14(12(2)13(3)23)11-25-21-26-19-18(29-27-21)10-9-16(24)20(19)28-17-8-6-5-7-15(17)22/h4-10H,1,3,11H2,2H3,(H2,25,26,27)/b14-12+. The average Bonchev–Trinajstić information content (AvgIpc) is 2.71. The van der Waals surface area contributed by atoms with Crippen LogP contribution in [0.3, 0.4) is 0 Å². The van der Waals surface area contributed by atoms with Gasteiger partial charge in [0.2, 0.25) is 5.96 Å². The van der Waals surface area contributed by atoms with Crippen LogP contribution in [0.2, 0.25) is 5.02 Å². The second-order valence-corrected chi connectivity index (χ2v) is 7.29. The van der Waals surface area contributed by atoms with Gasteiger partial charge in [0.1, 0.15) is 17.3 Å². The van der Waals surface area contributed by atoms with Crippen molar-refractivity contribution >= 4 is 35.2 Å². The molecule has 2 aromatic rings. The molecule has 0 saturated carbocycles. The molecule has 8 heteroatoms. The molecule has 1 aliphatic rings. The van der Waals surface area contributed by atoms with Crippen molar-refractivity contribution in [3.63, 3.8) is 0 Å². The number of hydrogen-bond acceptors (Lipinski definition) is 3. The van der Waals surface area contributed by atoms with E-state index in [4.69, 9.17) is 16.3 Å². The van der Waals surface area contributed by atoms with Gasteiger partial charge in [-0.05, 0) is 54.3 Å². The topological polar surface area (TPSA) is 45.7 Å². The molecule has 0 spiro atoms. The Hall–Kier alpha value is -2.77. The summed E-state index contributed by atoms with van der Waals surface area (Å²) in [5.74, 6) is -0.380. The van der Waals surface area contributed by atoms with Crippen LogP contribution >= 0.6 is 23.5 Å². The third kappa shape index (κ3) is 4.81. The molecule has 0 aliphatic carbocycles. The lowest BCUT2D eigenvalue weighted by molar-refractivity contribution is 0.443. The zero-order valence-electron chi connectivity index (χ0n) is 15.6. The van der Waals surface area contributed by atoms with E-state index in [1.807, 2.05) is 0 Å². The molecule has 1 aliphatic heterocycles. The number of nitrogens with zero attached hydrogens (tertiary/aromatic N) is 1. The summed E-state index contributed by atoms with van der Waals surface area (Å²) in [5, 5.41) is 3.39. The molecule has 0 unspecified atom stereocenters. The molecule has 4 nitrogen and oxygen atoms in total. The largest absolute Gasteiger partial charge is 0.450 e. The first-order valence-electron chi connectivity index (χ1n) is 8.57. The van der Waals surface area contributed by atoms with Crippen molar-refractivity contribution in [2.24, 2.45) is 4.99 Å². The lowest BCUT2D eigenvalue weighted by Crippen LogP contribution is -2.30. The van der Waals surface area contributed by atoms with E-state index < -0.39 is 11.6 Å². The summed E-state index contributed by atoms with van der Waals surface area (Å²) in [6, 6.07) is 9.75. The van der Waals surface area contributed by atoms with Crippen molar-refractivity contribution in [2.75, 3.05) is 11.9 Å². The predicted octanol–water partition coefficient (Wildman–Crippen LogP) is 6.64. The van der Waals surface area contributed by atoms with Gasteiger partial charge >= 0.3 is 0 Å². The van der Waals surface area contributed by atoms with E-state index in [-0.39, 0.29) is 12.3 Å². The van der Waals surface area contributed by atoms with Gasteiger partial charge in [0.25, 0.3) is 0 Å². The van der Waals surface area contributed by atoms with Crippen LogP contribution in [0, 0.1) is 5.82 Å². The van der Waals surface area contributed by atoms with Crippen LogP contribution in [0.1, 0.15) is 6.92 Å². The molecule has 150 valence electrons. The van der Waals surface area contributed by atoms with Gasteiger partial charge in [0.05, 0.1) is 16.5 Å². The summed E-state index contributed by atoms with van der Waals surface area (Å²) in [7, 11) is 0. The van der Waals surface area contributed by atoms with Crippen LogP contribution in [0.5, 0.6) is 11.5 Å². The van der Waals surface area contributed by atoms with E-state index in [0.29, 0.717) is 33.6 Å². The van der Waals surface area contributed by atoms with Crippen molar-refractivity contribution in [3.05, 3.63) is 83.4 Å². The van der Waals surface area contributed by atoms with Crippen LogP contribution in [-0.4, -0.2) is 12.5 Å². The molecule has 29 heavy (non-hydrogen) atoms. The van der Waals surface area contributed by atoms with E-state index in [1.165, 1.54) is 24.1 Å². The third-order valence-electron chi connectivity index (χ3n) is 4.16. The molecule has 0 saturated heterocycles. The number of allylic oxidation sites excluding steroid dienone is 2. The summed E-state index contributed by atoms with van der Waals surface area (Å²) in [4.78, 5) is 5.11. The second kappa shape index (κ2) is 9.15. The average molecular weight is 434 g/mol. The van der Waals surface area contributed by atoms with Crippen molar-refractivity contribution in [1.82, 2.24) is 4.72 Å². The Kier molecular flexibility index (Phi) is 6.61. The van der Waals surface area contributed by atoms with Gasteiger partial charge in [0.15, 0.2) is 11.6 Å². The molecule has 0 fully saturated rings. The summed E-state index contributed by atoms with van der Waals surface area (Å²) in [5.41, 5.74) is 1.39. The maximum atomic E-state index is 14.5. The van der Waals surface area contributed by atoms with Crippen LogP contribution in [-0.2, 0) is 0 Å². The lowest BCUT2D eigenvalue weighted by Gasteiger charge is -2.23. The molecule has 0 bridgehead atoms. The van der Waals surface area contributed by atoms with Gasteiger partial charge < -0.3 is 10.1 Å². The summed E-state index contributed by atoms with van der Waals surface area (Å²) in [6.07, 6.45) is 1.53. The predicted molar refractivity (Wildman–Crippen MR) is 116 cm³/mol. The number of ether oxygens (including phenoxy) is 1. The summed E-state index contributed by atoms with van der Waals surface area (Å²) >= 11 is 7.38. The summed E-state index contributed by atoms with van der Waals surface area (Å²) in [6.45, 7) is 8.75. The van der Waals surface area contributed by atoms with Crippen molar-refractivity contribution in [2.45, 2.75) is 11.8 Å². The number of fused-ring (bicyclic) bond motifs is 1. The highest BCUT2D eigenvalue weighted by atomic mass is 35.5. The van der Waals surface area contributed by atoms with Crippen molar-refractivity contribution < 1.29 is 13.5 Å². The maximum absolute atomic E-state index is 14.5. The maximum Gasteiger partial charge on any atom is 0.206 e. The van der Waals surface area contributed by atoms with E-state index >= 15 is 0 Å². The number of guanidine groups is 1. The quantitative estimate of drug-likeness (QED) is 0.396. The molecular formula is C21H18ClF2N3OS. The number of benzene rings is 2. The summed E-state index contributed by atoms with van der Waals surface area (Å²) < 4.78 is 36.7. The monoisotopic (exact) mass is 433 g/mol. The molecule has 0 radical (unpaired) electrons. The van der Waals surface area contributed by atoms with Gasteiger partial charge in [-0.15, -0.1) is 0 Å². The minimum atomic E-state index is -0.547. The Morgan fingerprint density at radius 3 is 2.76 bits per heavy atom. The van der Waals surface area contributed by atoms with Crippen molar-refractivity contribution in [3.8, 4) is 11.5 Å². The van der Waals surface area contributed by atoms with Crippen LogP contribution in [0.4, 0.5) is 14.5 Å². The highest BCUT2D eigenvalue weighted by Gasteiger charge is 2.22. The Labute approximate surface area is 177 Å². The van der Waals surface area contributed by atoms with Crippen LogP contribution < -0.4 is 14.8 Å². The van der Waals surface area contributed by atoms with Gasteiger partial charge in [-0.25, -0.2) is 13.8 Å². The van der Waals surface area contributed by atoms with E-state index in [9.17, 15) is 8.78 Å². The fourth-order valence-corrected chi connectivity index (χ4v) is 3.35. The zero-order valence-corrected chi connectivity index (χ0v) is 17.1. The molecule has 2 aromatic carbocycles. The minimum absolute atomic E-state index is 0.00472. The minimum Gasteiger partial charge on any atom is -0.450 e. The number of hydrogen-bond donors (Lipinski definition) is 2. The Morgan fingerprint density at radius 2 is 2.07 bits per heavy atom. The highest BCUT2D eigenvalue weighted by Crippen LogP contribution is 2.42. The van der Waals surface area contributed by atoms with Gasteiger partial charge in [-0.3, -0.25) is 4.72 Å².